The van der Waals surface area contributed by atoms with Crippen molar-refractivity contribution in [3.05, 3.63) is 35.4 Å². The Morgan fingerprint density at radius 2 is 1.85 bits per heavy atom. The van der Waals surface area contributed by atoms with Gasteiger partial charge in [0.2, 0.25) is 5.91 Å². The van der Waals surface area contributed by atoms with Gasteiger partial charge in [0.15, 0.2) is 0 Å². The highest BCUT2D eigenvalue weighted by molar-refractivity contribution is 5.85. The van der Waals surface area contributed by atoms with Gasteiger partial charge in [-0.2, -0.15) is 0 Å². The number of hydrogen-bond acceptors (Lipinski definition) is 2. The molecule has 3 nitrogen and oxygen atoms in total. The van der Waals surface area contributed by atoms with Gasteiger partial charge in [0.1, 0.15) is 11.6 Å². The van der Waals surface area contributed by atoms with Crippen LogP contribution >= 0.6 is 0 Å². The number of nitrogens with one attached hydrogen (secondary N) is 1. The minimum Gasteiger partial charge on any atom is -0.326 e. The van der Waals surface area contributed by atoms with Crippen molar-refractivity contribution in [1.82, 2.24) is 10.2 Å². The van der Waals surface area contributed by atoms with E-state index in [1.165, 1.54) is 12.1 Å². The monoisotopic (exact) mass is 280 g/mol. The predicted octanol–water partition coefficient (Wildman–Crippen LogP) is 2.21. The third-order valence-electron chi connectivity index (χ3n) is 4.51. The number of carbonyl (C=O) groups is 1. The van der Waals surface area contributed by atoms with Crippen molar-refractivity contribution < 1.29 is 13.6 Å². The van der Waals surface area contributed by atoms with Gasteiger partial charge in [0.05, 0.1) is 11.7 Å². The quantitative estimate of drug-likeness (QED) is 0.901. The Morgan fingerprint density at radius 3 is 2.45 bits per heavy atom. The van der Waals surface area contributed by atoms with Crippen LogP contribution in [0.1, 0.15) is 31.2 Å². The molecule has 1 aliphatic heterocycles. The highest BCUT2D eigenvalue weighted by atomic mass is 19.1. The maximum atomic E-state index is 13.2. The third-order valence-corrected chi connectivity index (χ3v) is 4.51. The molecule has 1 aliphatic carbocycles. The van der Waals surface area contributed by atoms with Crippen LogP contribution in [0.5, 0.6) is 0 Å². The lowest BCUT2D eigenvalue weighted by Crippen LogP contribution is -2.48. The predicted molar refractivity (Wildman–Crippen MR) is 71.0 cm³/mol. The molecule has 0 radical (unpaired) electrons. The molecule has 2 fully saturated rings. The SMILES string of the molecule is CN1C(=O)[C@H](Cc2cc(F)cc(F)c2)NC12CCCC2. The molecule has 108 valence electrons. The zero-order valence-electron chi connectivity index (χ0n) is 11.5. The van der Waals surface area contributed by atoms with Crippen LogP contribution in [0.25, 0.3) is 0 Å². The van der Waals surface area contributed by atoms with Crippen LogP contribution in [-0.2, 0) is 11.2 Å². The number of halogens is 2. The molecule has 0 unspecified atom stereocenters. The van der Waals surface area contributed by atoms with Gasteiger partial charge in [-0.15, -0.1) is 0 Å². The van der Waals surface area contributed by atoms with Crippen LogP contribution in [0.3, 0.4) is 0 Å². The molecule has 1 amide bonds. The normalized spacial score (nSPS) is 24.9. The largest absolute Gasteiger partial charge is 0.326 e. The first kappa shape index (κ1) is 13.5. The van der Waals surface area contributed by atoms with Crippen molar-refractivity contribution >= 4 is 5.91 Å². The van der Waals surface area contributed by atoms with Crippen LogP contribution in [0.4, 0.5) is 8.78 Å². The van der Waals surface area contributed by atoms with Crippen LogP contribution < -0.4 is 5.32 Å². The molecule has 1 N–H and O–H groups in total. The number of nitrogens with zero attached hydrogens (tertiary/aromatic N) is 1. The van der Waals surface area contributed by atoms with E-state index in [2.05, 4.69) is 5.32 Å². The van der Waals surface area contributed by atoms with Gasteiger partial charge in [-0.25, -0.2) is 8.78 Å². The molecule has 0 aromatic heterocycles. The molecule has 1 saturated carbocycles. The fraction of sp³-hybridized carbons (Fsp3) is 0.533. The Kier molecular flexibility index (Phi) is 3.24. The van der Waals surface area contributed by atoms with Gasteiger partial charge in [-0.1, -0.05) is 0 Å². The van der Waals surface area contributed by atoms with Crippen molar-refractivity contribution in [3.8, 4) is 0 Å². The molecule has 1 aromatic rings. The summed E-state index contributed by atoms with van der Waals surface area (Å²) in [6.45, 7) is 0. The lowest BCUT2D eigenvalue weighted by atomic mass is 10.1. The second-order valence-electron chi connectivity index (χ2n) is 5.81. The molecule has 3 rings (SSSR count). The maximum Gasteiger partial charge on any atom is 0.241 e. The number of rotatable bonds is 2. The van der Waals surface area contributed by atoms with Crippen LogP contribution in [-0.4, -0.2) is 29.6 Å². The van der Waals surface area contributed by atoms with Gasteiger partial charge in [0, 0.05) is 13.1 Å². The topological polar surface area (TPSA) is 32.3 Å². The second-order valence-corrected chi connectivity index (χ2v) is 5.81. The van der Waals surface area contributed by atoms with Crippen molar-refractivity contribution in [2.24, 2.45) is 0 Å². The lowest BCUT2D eigenvalue weighted by molar-refractivity contribution is -0.130. The highest BCUT2D eigenvalue weighted by Crippen LogP contribution is 2.36. The minimum atomic E-state index is -0.602. The van der Waals surface area contributed by atoms with Crippen molar-refractivity contribution in [1.29, 1.82) is 0 Å². The number of amides is 1. The summed E-state index contributed by atoms with van der Waals surface area (Å²) in [7, 11) is 1.81. The molecule has 1 aromatic carbocycles. The Hall–Kier alpha value is -1.49. The summed E-state index contributed by atoms with van der Waals surface area (Å²) in [5.74, 6) is -1.19. The summed E-state index contributed by atoms with van der Waals surface area (Å²) in [6, 6.07) is 3.03. The molecular formula is C15H18F2N2O. The van der Waals surface area contributed by atoms with E-state index >= 15 is 0 Å². The van der Waals surface area contributed by atoms with E-state index in [0.29, 0.717) is 12.0 Å². The summed E-state index contributed by atoms with van der Waals surface area (Å²) in [5, 5.41) is 3.38. The molecule has 5 heteroatoms. The number of benzene rings is 1. The van der Waals surface area contributed by atoms with Crippen molar-refractivity contribution in [2.45, 2.75) is 43.8 Å². The molecule has 2 aliphatic rings. The van der Waals surface area contributed by atoms with Crippen LogP contribution in [0.2, 0.25) is 0 Å². The van der Waals surface area contributed by atoms with E-state index in [1.807, 2.05) is 7.05 Å². The zero-order chi connectivity index (χ0) is 14.3. The Bertz CT molecular complexity index is 520. The first-order valence-corrected chi connectivity index (χ1v) is 7.00. The molecule has 1 atom stereocenters. The Morgan fingerprint density at radius 1 is 1.25 bits per heavy atom. The molecule has 1 heterocycles. The molecule has 0 bridgehead atoms. The van der Waals surface area contributed by atoms with Gasteiger partial charge in [-0.3, -0.25) is 10.1 Å². The van der Waals surface area contributed by atoms with Crippen LogP contribution in [0, 0.1) is 11.6 Å². The smallest absolute Gasteiger partial charge is 0.241 e. The second kappa shape index (κ2) is 4.81. The Balaban J connectivity index is 1.79. The lowest BCUT2D eigenvalue weighted by Gasteiger charge is -2.31. The fourth-order valence-corrected chi connectivity index (χ4v) is 3.47. The fourth-order valence-electron chi connectivity index (χ4n) is 3.47. The molecule has 20 heavy (non-hydrogen) atoms. The van der Waals surface area contributed by atoms with E-state index < -0.39 is 11.6 Å². The van der Waals surface area contributed by atoms with Crippen molar-refractivity contribution in [2.75, 3.05) is 7.05 Å². The van der Waals surface area contributed by atoms with Crippen LogP contribution in [0.15, 0.2) is 18.2 Å². The first-order chi connectivity index (χ1) is 9.50. The van der Waals surface area contributed by atoms with E-state index in [-0.39, 0.29) is 17.6 Å². The van der Waals surface area contributed by atoms with E-state index in [9.17, 15) is 13.6 Å². The first-order valence-electron chi connectivity index (χ1n) is 7.00. The van der Waals surface area contributed by atoms with Gasteiger partial charge in [0.25, 0.3) is 0 Å². The summed E-state index contributed by atoms with van der Waals surface area (Å²) in [5.41, 5.74) is 0.268. The summed E-state index contributed by atoms with van der Waals surface area (Å²) >= 11 is 0. The van der Waals surface area contributed by atoms with E-state index in [0.717, 1.165) is 31.7 Å². The maximum absolute atomic E-state index is 13.2. The summed E-state index contributed by atoms with van der Waals surface area (Å²) in [4.78, 5) is 14.1. The Labute approximate surface area is 117 Å². The molecule has 1 saturated heterocycles. The average molecular weight is 280 g/mol. The highest BCUT2D eigenvalue weighted by Gasteiger charge is 2.49. The zero-order valence-corrected chi connectivity index (χ0v) is 11.5. The number of hydrogen-bond donors (Lipinski definition) is 1. The van der Waals surface area contributed by atoms with E-state index in [4.69, 9.17) is 0 Å². The molecule has 1 spiro atoms. The van der Waals surface area contributed by atoms with E-state index in [1.54, 1.807) is 4.90 Å². The molecular weight excluding hydrogens is 262 g/mol. The number of carbonyl (C=O) groups excluding carboxylic acids is 1. The minimum absolute atomic E-state index is 0.0107. The summed E-state index contributed by atoms with van der Waals surface area (Å²) in [6.07, 6.45) is 4.42. The van der Waals surface area contributed by atoms with Crippen molar-refractivity contribution in [3.63, 3.8) is 0 Å². The standard InChI is InChI=1S/C15H18F2N2O/c1-19-14(20)13(18-15(19)4-2-3-5-15)8-10-6-11(16)9-12(17)7-10/h6-7,9,13,18H,2-5,8H2,1H3/t13-/m0/s1. The third kappa shape index (κ3) is 2.20. The number of likely N-dealkylation sites (N-methyl/N-ethyl adjacent to an activating group) is 1. The van der Waals surface area contributed by atoms with Gasteiger partial charge < -0.3 is 4.90 Å². The summed E-state index contributed by atoms with van der Waals surface area (Å²) < 4.78 is 26.4. The van der Waals surface area contributed by atoms with Gasteiger partial charge >= 0.3 is 0 Å². The van der Waals surface area contributed by atoms with Gasteiger partial charge in [-0.05, 0) is 49.8 Å². The average Bonchev–Trinajstić information content (AvgIpc) is 2.92.